The Bertz CT molecular complexity index is 386. The van der Waals surface area contributed by atoms with Gasteiger partial charge in [-0.25, -0.2) is 4.39 Å². The van der Waals surface area contributed by atoms with E-state index in [1.165, 1.54) is 6.07 Å². The number of rotatable bonds is 3. The fraction of sp³-hybridized carbons (Fsp3) is 0.538. The van der Waals surface area contributed by atoms with Crippen LogP contribution < -0.4 is 4.74 Å². The Hall–Kier alpha value is -0.740. The van der Waals surface area contributed by atoms with E-state index in [9.17, 15) is 4.39 Å². The lowest BCUT2D eigenvalue weighted by Crippen LogP contribution is -2.35. The van der Waals surface area contributed by atoms with Crippen molar-refractivity contribution in [3.8, 4) is 5.75 Å². The number of methoxy groups -OCH3 is 1. The fourth-order valence-corrected chi connectivity index (χ4v) is 2.70. The van der Waals surface area contributed by atoms with E-state index >= 15 is 0 Å². The van der Waals surface area contributed by atoms with E-state index in [1.807, 2.05) is 0 Å². The maximum atomic E-state index is 13.8. The van der Waals surface area contributed by atoms with Gasteiger partial charge < -0.3 is 4.74 Å². The van der Waals surface area contributed by atoms with Gasteiger partial charge in [0.2, 0.25) is 0 Å². The van der Waals surface area contributed by atoms with Crippen LogP contribution in [0.3, 0.4) is 0 Å². The normalized spacial score (nSPS) is 21.5. The molecule has 1 fully saturated rings. The number of halogens is 1. The van der Waals surface area contributed by atoms with Crippen molar-refractivity contribution in [2.75, 3.05) is 20.2 Å². The average Bonchev–Trinajstić information content (AvgIpc) is 2.32. The summed E-state index contributed by atoms with van der Waals surface area (Å²) >= 11 is 4.50. The zero-order valence-corrected chi connectivity index (χ0v) is 10.9. The number of benzene rings is 1. The molecule has 17 heavy (non-hydrogen) atoms. The summed E-state index contributed by atoms with van der Waals surface area (Å²) in [5, 5.41) is 0.404. The van der Waals surface area contributed by atoms with Gasteiger partial charge in [-0.1, -0.05) is 6.07 Å². The minimum absolute atomic E-state index is 0.189. The van der Waals surface area contributed by atoms with Crippen LogP contribution in [-0.2, 0) is 6.54 Å². The van der Waals surface area contributed by atoms with E-state index in [-0.39, 0.29) is 5.82 Å². The van der Waals surface area contributed by atoms with Crippen LogP contribution in [0, 0.1) is 5.82 Å². The van der Waals surface area contributed by atoms with Gasteiger partial charge in [-0.3, -0.25) is 4.90 Å². The Morgan fingerprint density at radius 3 is 3.06 bits per heavy atom. The number of ether oxygens (including phenoxy) is 1. The van der Waals surface area contributed by atoms with Crippen molar-refractivity contribution < 1.29 is 9.13 Å². The van der Waals surface area contributed by atoms with E-state index in [4.69, 9.17) is 4.74 Å². The fourth-order valence-electron chi connectivity index (χ4n) is 2.28. The second-order valence-electron chi connectivity index (χ2n) is 4.45. The smallest absolute Gasteiger partial charge is 0.131 e. The quantitative estimate of drug-likeness (QED) is 0.834. The zero-order chi connectivity index (χ0) is 12.3. The number of nitrogens with zero attached hydrogens (tertiary/aromatic N) is 1. The highest BCUT2D eigenvalue weighted by atomic mass is 32.1. The molecule has 0 aromatic heterocycles. The molecule has 1 unspecified atom stereocenters. The molecular formula is C13H18FNOS. The summed E-state index contributed by atoms with van der Waals surface area (Å²) in [5.41, 5.74) is 0.650. The molecule has 0 bridgehead atoms. The van der Waals surface area contributed by atoms with Crippen LogP contribution in [0.15, 0.2) is 18.2 Å². The molecule has 1 aliphatic rings. The van der Waals surface area contributed by atoms with E-state index in [0.29, 0.717) is 23.1 Å². The highest BCUT2D eigenvalue weighted by Crippen LogP contribution is 2.25. The SMILES string of the molecule is COc1cccc(F)c1CN1CCCC(S)C1. The average molecular weight is 255 g/mol. The predicted octanol–water partition coefficient (Wildman–Crippen LogP) is 2.73. The number of hydrogen-bond donors (Lipinski definition) is 1. The third-order valence-electron chi connectivity index (χ3n) is 3.16. The number of piperidine rings is 1. The standard InChI is InChI=1S/C13H18FNOS/c1-16-13-6-2-5-12(14)11(13)9-15-7-3-4-10(17)8-15/h2,5-6,10,17H,3-4,7-9H2,1H3. The van der Waals surface area contributed by atoms with Crippen LogP contribution in [0.25, 0.3) is 0 Å². The molecule has 1 aromatic rings. The van der Waals surface area contributed by atoms with Crippen LogP contribution in [-0.4, -0.2) is 30.3 Å². The third kappa shape index (κ3) is 3.13. The lowest BCUT2D eigenvalue weighted by molar-refractivity contribution is 0.220. The summed E-state index contributed by atoms with van der Waals surface area (Å²) in [4.78, 5) is 2.24. The Kier molecular flexibility index (Phi) is 4.29. The molecule has 2 rings (SSSR count). The first kappa shape index (κ1) is 12.7. The molecule has 1 heterocycles. The predicted molar refractivity (Wildman–Crippen MR) is 70.2 cm³/mol. The number of likely N-dealkylation sites (tertiary alicyclic amines) is 1. The van der Waals surface area contributed by atoms with Gasteiger partial charge in [0.15, 0.2) is 0 Å². The Morgan fingerprint density at radius 2 is 2.35 bits per heavy atom. The molecule has 2 nitrogen and oxygen atoms in total. The molecule has 0 N–H and O–H groups in total. The van der Waals surface area contributed by atoms with Gasteiger partial charge in [0.25, 0.3) is 0 Å². The van der Waals surface area contributed by atoms with Crippen molar-refractivity contribution in [3.63, 3.8) is 0 Å². The second kappa shape index (κ2) is 5.74. The molecular weight excluding hydrogens is 237 g/mol. The molecule has 0 saturated carbocycles. The first-order valence-electron chi connectivity index (χ1n) is 5.92. The van der Waals surface area contributed by atoms with Gasteiger partial charge in [0, 0.05) is 23.9 Å². The largest absolute Gasteiger partial charge is 0.496 e. The maximum Gasteiger partial charge on any atom is 0.131 e. The maximum absolute atomic E-state index is 13.8. The van der Waals surface area contributed by atoms with Crippen molar-refractivity contribution in [1.82, 2.24) is 4.90 Å². The Morgan fingerprint density at radius 1 is 1.53 bits per heavy atom. The molecule has 94 valence electrons. The van der Waals surface area contributed by atoms with E-state index in [2.05, 4.69) is 17.5 Å². The Balaban J connectivity index is 2.12. The molecule has 1 atom stereocenters. The molecule has 0 radical (unpaired) electrons. The number of thiol groups is 1. The van der Waals surface area contributed by atoms with Gasteiger partial charge in [-0.05, 0) is 31.5 Å². The van der Waals surface area contributed by atoms with Gasteiger partial charge in [0.05, 0.1) is 7.11 Å². The molecule has 4 heteroatoms. The first-order valence-corrected chi connectivity index (χ1v) is 6.44. The molecule has 1 saturated heterocycles. The summed E-state index contributed by atoms with van der Waals surface area (Å²) in [7, 11) is 1.58. The molecule has 0 amide bonds. The van der Waals surface area contributed by atoms with Crippen LogP contribution in [0.4, 0.5) is 4.39 Å². The highest BCUT2D eigenvalue weighted by molar-refractivity contribution is 7.81. The summed E-state index contributed by atoms with van der Waals surface area (Å²) in [6.07, 6.45) is 2.28. The van der Waals surface area contributed by atoms with E-state index in [1.54, 1.807) is 19.2 Å². The van der Waals surface area contributed by atoms with Crippen molar-refractivity contribution in [2.45, 2.75) is 24.6 Å². The van der Waals surface area contributed by atoms with Gasteiger partial charge >= 0.3 is 0 Å². The van der Waals surface area contributed by atoms with Crippen molar-refractivity contribution in [2.24, 2.45) is 0 Å². The van der Waals surface area contributed by atoms with E-state index in [0.717, 1.165) is 25.9 Å². The first-order chi connectivity index (χ1) is 8.20. The minimum atomic E-state index is -0.189. The van der Waals surface area contributed by atoms with E-state index < -0.39 is 0 Å². The van der Waals surface area contributed by atoms with Crippen LogP contribution in [0.1, 0.15) is 18.4 Å². The lowest BCUT2D eigenvalue weighted by atomic mass is 10.1. The van der Waals surface area contributed by atoms with Crippen molar-refractivity contribution in [3.05, 3.63) is 29.6 Å². The summed E-state index contributed by atoms with van der Waals surface area (Å²) < 4.78 is 19.0. The van der Waals surface area contributed by atoms with Gasteiger partial charge in [-0.2, -0.15) is 12.6 Å². The van der Waals surface area contributed by atoms with Crippen molar-refractivity contribution in [1.29, 1.82) is 0 Å². The molecule has 1 aromatic carbocycles. The third-order valence-corrected chi connectivity index (χ3v) is 3.58. The molecule has 0 aliphatic carbocycles. The van der Waals surface area contributed by atoms with Crippen molar-refractivity contribution >= 4 is 12.6 Å². The summed E-state index contributed by atoms with van der Waals surface area (Å²) in [5.74, 6) is 0.442. The van der Waals surface area contributed by atoms with Gasteiger partial charge in [-0.15, -0.1) is 0 Å². The number of hydrogen-bond acceptors (Lipinski definition) is 3. The molecule has 0 spiro atoms. The Labute approximate surface area is 107 Å². The highest BCUT2D eigenvalue weighted by Gasteiger charge is 2.19. The molecule has 1 aliphatic heterocycles. The van der Waals surface area contributed by atoms with Crippen LogP contribution >= 0.6 is 12.6 Å². The second-order valence-corrected chi connectivity index (χ2v) is 5.18. The topological polar surface area (TPSA) is 12.5 Å². The monoisotopic (exact) mass is 255 g/mol. The summed E-state index contributed by atoms with van der Waals surface area (Å²) in [6, 6.07) is 4.97. The lowest BCUT2D eigenvalue weighted by Gasteiger charge is -2.30. The summed E-state index contributed by atoms with van der Waals surface area (Å²) in [6.45, 7) is 2.53. The van der Waals surface area contributed by atoms with Crippen LogP contribution in [0.2, 0.25) is 0 Å². The zero-order valence-electron chi connectivity index (χ0n) is 10.0. The minimum Gasteiger partial charge on any atom is -0.496 e. The van der Waals surface area contributed by atoms with Crippen LogP contribution in [0.5, 0.6) is 5.75 Å². The van der Waals surface area contributed by atoms with Gasteiger partial charge in [0.1, 0.15) is 11.6 Å².